The number of hydrogen-bond acceptors (Lipinski definition) is 5. The van der Waals surface area contributed by atoms with Crippen LogP contribution in [0.25, 0.3) is 10.9 Å². The van der Waals surface area contributed by atoms with Gasteiger partial charge in [0.25, 0.3) is 0 Å². The lowest BCUT2D eigenvalue weighted by atomic mass is 10.0. The molecular weight excluding hydrogens is 529 g/mol. The number of rotatable bonds is 2. The van der Waals surface area contributed by atoms with E-state index in [1.807, 2.05) is 25.1 Å². The topological polar surface area (TPSA) is 56.7 Å². The largest absolute Gasteiger partial charge is 0.400 e. The quantitative estimate of drug-likeness (QED) is 0.333. The summed E-state index contributed by atoms with van der Waals surface area (Å²) >= 11 is 17.2. The molecule has 2 saturated heterocycles. The second-order valence-corrected chi connectivity index (χ2v) is 10.4. The van der Waals surface area contributed by atoms with E-state index < -0.39 is 0 Å². The van der Waals surface area contributed by atoms with Gasteiger partial charge >= 0.3 is 0 Å². The number of aromatic nitrogens is 1. The average molecular weight is 567 g/mol. The highest BCUT2D eigenvalue weighted by Crippen LogP contribution is 2.24. The van der Waals surface area contributed by atoms with Crippen molar-refractivity contribution in [3.8, 4) is 0 Å². The number of nitrogens with zero attached hydrogens (tertiary/aromatic N) is 3. The predicted molar refractivity (Wildman–Crippen MR) is 157 cm³/mol. The van der Waals surface area contributed by atoms with Crippen LogP contribution in [0.5, 0.6) is 0 Å². The maximum atomic E-state index is 10.7. The summed E-state index contributed by atoms with van der Waals surface area (Å²) in [6, 6.07) is 13.5. The van der Waals surface area contributed by atoms with Gasteiger partial charge in [-0.2, -0.15) is 0 Å². The van der Waals surface area contributed by atoms with Crippen molar-refractivity contribution in [2.75, 3.05) is 40.3 Å². The number of likely N-dealkylation sites (tertiary alicyclic amines) is 2. The van der Waals surface area contributed by atoms with E-state index in [9.17, 15) is 4.79 Å². The number of fused-ring (bicyclic) bond motifs is 1. The van der Waals surface area contributed by atoms with Crippen molar-refractivity contribution >= 4 is 52.0 Å². The predicted octanol–water partition coefficient (Wildman–Crippen LogP) is 7.18. The number of hydrogen-bond donors (Lipinski definition) is 1. The van der Waals surface area contributed by atoms with Crippen molar-refractivity contribution in [1.29, 1.82) is 0 Å². The second-order valence-electron chi connectivity index (χ2n) is 9.20. The van der Waals surface area contributed by atoms with Crippen molar-refractivity contribution < 1.29 is 9.90 Å². The fourth-order valence-corrected chi connectivity index (χ4v) is 5.07. The SMILES string of the molecule is CN1CCC(N2CCCCC2)CC1.CO.Cc1ccc(Cl)c(Cl)c1.O=Cc1ccc(Cl)c2ncccc12. The van der Waals surface area contributed by atoms with Gasteiger partial charge in [0.15, 0.2) is 6.29 Å². The summed E-state index contributed by atoms with van der Waals surface area (Å²) in [5.74, 6) is 0. The summed E-state index contributed by atoms with van der Waals surface area (Å²) in [7, 11) is 3.24. The summed E-state index contributed by atoms with van der Waals surface area (Å²) in [4.78, 5) is 20.0. The highest BCUT2D eigenvalue weighted by atomic mass is 35.5. The number of aliphatic hydroxyl groups is 1. The molecule has 8 heteroatoms. The Morgan fingerprint density at radius 3 is 2.14 bits per heavy atom. The minimum Gasteiger partial charge on any atom is -0.400 e. The van der Waals surface area contributed by atoms with E-state index in [4.69, 9.17) is 39.9 Å². The molecule has 3 heterocycles. The number of aryl methyl sites for hydroxylation is 1. The Hall–Kier alpha value is -1.73. The molecule has 2 aliphatic heterocycles. The number of carbonyl (C=O) groups is 1. The van der Waals surface area contributed by atoms with Crippen LogP contribution in [-0.4, -0.2) is 72.6 Å². The van der Waals surface area contributed by atoms with Crippen LogP contribution >= 0.6 is 34.8 Å². The van der Waals surface area contributed by atoms with E-state index in [0.717, 1.165) is 30.4 Å². The number of pyridine rings is 1. The van der Waals surface area contributed by atoms with Crippen molar-refractivity contribution in [2.24, 2.45) is 0 Å². The van der Waals surface area contributed by atoms with E-state index in [0.29, 0.717) is 26.1 Å². The summed E-state index contributed by atoms with van der Waals surface area (Å²) in [6.45, 7) is 7.33. The van der Waals surface area contributed by atoms with E-state index in [1.165, 1.54) is 58.3 Å². The van der Waals surface area contributed by atoms with Crippen LogP contribution in [0.1, 0.15) is 48.0 Å². The molecule has 37 heavy (non-hydrogen) atoms. The Morgan fingerprint density at radius 2 is 1.54 bits per heavy atom. The number of aldehydes is 1. The number of benzene rings is 2. The molecule has 0 saturated carbocycles. The normalized spacial score (nSPS) is 16.4. The molecule has 1 aromatic heterocycles. The lowest BCUT2D eigenvalue weighted by Gasteiger charge is -2.39. The zero-order valence-electron chi connectivity index (χ0n) is 22.0. The van der Waals surface area contributed by atoms with Gasteiger partial charge in [0, 0.05) is 30.3 Å². The molecule has 0 spiro atoms. The van der Waals surface area contributed by atoms with Crippen molar-refractivity contribution in [1.82, 2.24) is 14.8 Å². The zero-order chi connectivity index (χ0) is 27.2. The smallest absolute Gasteiger partial charge is 0.150 e. The van der Waals surface area contributed by atoms with Gasteiger partial charge in [-0.05, 0) is 102 Å². The second kappa shape index (κ2) is 17.0. The minimum absolute atomic E-state index is 0.571. The van der Waals surface area contributed by atoms with Crippen LogP contribution in [0, 0.1) is 6.92 Å². The standard InChI is InChI=1S/C11H22N2.C10H6ClNO.C7H6Cl2.CH4O/c1-12-9-5-11(6-10-12)13-7-3-2-4-8-13;11-9-4-3-7(6-13)8-2-1-5-12-10(8)9;1-5-2-3-6(8)7(9)4-5;1-2/h11H,2-10H2,1H3;1-6H;2-4H,1H3;2H,1H3. The highest BCUT2D eigenvalue weighted by Gasteiger charge is 2.23. The molecule has 5 nitrogen and oxygen atoms in total. The summed E-state index contributed by atoms with van der Waals surface area (Å²) in [6.07, 6.45) is 9.60. The van der Waals surface area contributed by atoms with Crippen LogP contribution in [-0.2, 0) is 0 Å². The van der Waals surface area contributed by atoms with Gasteiger partial charge in [-0.25, -0.2) is 0 Å². The molecule has 0 unspecified atom stereocenters. The minimum atomic E-state index is 0.571. The van der Waals surface area contributed by atoms with E-state index >= 15 is 0 Å². The molecule has 2 aliphatic rings. The summed E-state index contributed by atoms with van der Waals surface area (Å²) in [5, 5.41) is 9.60. The number of halogens is 3. The maximum absolute atomic E-state index is 10.7. The van der Waals surface area contributed by atoms with Gasteiger partial charge in [0.2, 0.25) is 0 Å². The first-order valence-electron chi connectivity index (χ1n) is 12.7. The van der Waals surface area contributed by atoms with E-state index in [1.54, 1.807) is 30.5 Å². The molecular formula is C29H38Cl3N3O2. The van der Waals surface area contributed by atoms with Crippen molar-refractivity contribution in [3.63, 3.8) is 0 Å². The summed E-state index contributed by atoms with van der Waals surface area (Å²) < 4.78 is 0. The Labute approximate surface area is 236 Å². The third-order valence-corrected chi connectivity index (χ3v) is 7.60. The van der Waals surface area contributed by atoms with Crippen LogP contribution in [0.2, 0.25) is 15.1 Å². The van der Waals surface area contributed by atoms with Gasteiger partial charge in [-0.1, -0.05) is 53.4 Å². The molecule has 0 amide bonds. The Kier molecular flexibility index (Phi) is 14.4. The van der Waals surface area contributed by atoms with E-state index in [2.05, 4.69) is 21.8 Å². The van der Waals surface area contributed by atoms with E-state index in [-0.39, 0.29) is 0 Å². The monoisotopic (exact) mass is 565 g/mol. The van der Waals surface area contributed by atoms with Crippen molar-refractivity contribution in [2.45, 2.75) is 45.1 Å². The molecule has 2 aromatic carbocycles. The lowest BCUT2D eigenvalue weighted by Crippen LogP contribution is -2.45. The first-order chi connectivity index (χ1) is 17.9. The molecule has 0 atom stereocenters. The summed E-state index contributed by atoms with van der Waals surface area (Å²) in [5.41, 5.74) is 2.42. The molecule has 0 radical (unpaired) electrons. The molecule has 0 aliphatic carbocycles. The molecule has 5 rings (SSSR count). The number of aliphatic hydroxyl groups excluding tert-OH is 1. The molecule has 3 aromatic rings. The molecule has 1 N–H and O–H groups in total. The number of carbonyl (C=O) groups excluding carboxylic acids is 1. The Bertz CT molecular complexity index is 1100. The maximum Gasteiger partial charge on any atom is 0.150 e. The number of piperidine rings is 2. The zero-order valence-corrected chi connectivity index (χ0v) is 24.2. The van der Waals surface area contributed by atoms with Gasteiger partial charge < -0.3 is 14.9 Å². The first-order valence-corrected chi connectivity index (χ1v) is 13.8. The van der Waals surface area contributed by atoms with Gasteiger partial charge in [0.05, 0.1) is 20.6 Å². The molecule has 202 valence electrons. The van der Waals surface area contributed by atoms with Crippen molar-refractivity contribution in [3.05, 3.63) is 74.9 Å². The highest BCUT2D eigenvalue weighted by molar-refractivity contribution is 6.42. The van der Waals surface area contributed by atoms with Crippen LogP contribution < -0.4 is 0 Å². The average Bonchev–Trinajstić information content (AvgIpc) is 2.94. The van der Waals surface area contributed by atoms with Crippen LogP contribution in [0.15, 0.2) is 48.7 Å². The third-order valence-electron chi connectivity index (χ3n) is 6.55. The first kappa shape index (κ1) is 31.5. The Morgan fingerprint density at radius 1 is 0.892 bits per heavy atom. The van der Waals surface area contributed by atoms with Crippen LogP contribution in [0.4, 0.5) is 0 Å². The fraction of sp³-hybridized carbons (Fsp3) is 0.448. The molecule has 2 fully saturated rings. The fourth-order valence-electron chi connectivity index (χ4n) is 4.51. The Balaban J connectivity index is 0.000000192. The van der Waals surface area contributed by atoms with Gasteiger partial charge in [0.1, 0.15) is 0 Å². The van der Waals surface area contributed by atoms with Gasteiger partial charge in [-0.15, -0.1) is 0 Å². The van der Waals surface area contributed by atoms with Gasteiger partial charge in [-0.3, -0.25) is 9.78 Å². The third kappa shape index (κ3) is 10.2. The lowest BCUT2D eigenvalue weighted by molar-refractivity contribution is 0.103. The molecule has 0 bridgehead atoms. The van der Waals surface area contributed by atoms with Crippen LogP contribution in [0.3, 0.4) is 0 Å².